The fraction of sp³-hybridized carbons (Fsp3) is 0.750. The molecule has 18 heavy (non-hydrogen) atoms. The number of nitrogens with zero attached hydrogens (tertiary/aromatic N) is 1. The number of quaternary nitrogens is 1. The second kappa shape index (κ2) is 5.84. The molecule has 1 fully saturated rings. The van der Waals surface area contributed by atoms with Crippen LogP contribution in [-0.4, -0.2) is 45.0 Å². The summed E-state index contributed by atoms with van der Waals surface area (Å²) in [4.78, 5) is 34.8. The monoisotopic (exact) mass is 274 g/mol. The summed E-state index contributed by atoms with van der Waals surface area (Å²) in [5.74, 6) is -0.342. The molecular weight excluding hydrogens is 254 g/mol. The van der Waals surface area contributed by atoms with Crippen molar-refractivity contribution in [3.05, 3.63) is 0 Å². The van der Waals surface area contributed by atoms with Gasteiger partial charge in [0.25, 0.3) is 0 Å². The van der Waals surface area contributed by atoms with Gasteiger partial charge in [-0.1, -0.05) is 11.8 Å². The second-order valence-electron chi connectivity index (χ2n) is 4.91. The molecule has 1 saturated heterocycles. The summed E-state index contributed by atoms with van der Waals surface area (Å²) in [6.45, 7) is 5.32. The number of carbonyl (C=O) groups is 3. The minimum Gasteiger partial charge on any atom is -0.435 e. The van der Waals surface area contributed by atoms with Crippen LogP contribution in [0.2, 0.25) is 0 Å². The number of likely N-dealkylation sites (tertiary alicyclic amines) is 1. The molecule has 0 radical (unpaired) electrons. The normalized spacial score (nSPS) is 28.9. The molecule has 2 amide bonds. The molecule has 0 spiro atoms. The van der Waals surface area contributed by atoms with E-state index in [1.54, 1.807) is 6.92 Å². The Morgan fingerprint density at radius 3 is 2.44 bits per heavy atom. The summed E-state index contributed by atoms with van der Waals surface area (Å²) in [5.41, 5.74) is 0. The van der Waals surface area contributed by atoms with E-state index in [4.69, 9.17) is 0 Å². The Morgan fingerprint density at radius 2 is 2.06 bits per heavy atom. The fourth-order valence-electron chi connectivity index (χ4n) is 2.49. The quantitative estimate of drug-likeness (QED) is 0.798. The van der Waals surface area contributed by atoms with Gasteiger partial charge in [0.1, 0.15) is 6.04 Å². The summed E-state index contributed by atoms with van der Waals surface area (Å²) in [5, 5.41) is 9.36. The van der Waals surface area contributed by atoms with Crippen LogP contribution in [0.4, 0.5) is 4.79 Å². The van der Waals surface area contributed by atoms with Crippen LogP contribution in [0.3, 0.4) is 0 Å². The van der Waals surface area contributed by atoms with Gasteiger partial charge < -0.3 is 5.11 Å². The highest BCUT2D eigenvalue weighted by Crippen LogP contribution is 2.30. The molecular formula is C12H20NO4S+. The van der Waals surface area contributed by atoms with E-state index in [0.29, 0.717) is 12.3 Å². The molecule has 1 heterocycles. The highest BCUT2D eigenvalue weighted by Gasteiger charge is 2.54. The predicted octanol–water partition coefficient (Wildman–Crippen LogP) is 2.11. The number of thioether (sulfide) groups is 1. The Balaban J connectivity index is 2.84. The molecule has 1 N–H and O–H groups in total. The van der Waals surface area contributed by atoms with Crippen LogP contribution in [-0.2, 0) is 9.59 Å². The van der Waals surface area contributed by atoms with Crippen molar-refractivity contribution >= 4 is 28.9 Å². The van der Waals surface area contributed by atoms with Crippen LogP contribution < -0.4 is 0 Å². The number of rotatable bonds is 3. The SMILES string of the molecule is CC(=O)SCC(C)C(=O)[N+]1(C(=O)O)CCC[C@H]1C. The van der Waals surface area contributed by atoms with E-state index in [-0.39, 0.29) is 17.1 Å². The average Bonchev–Trinajstić information content (AvgIpc) is 2.67. The number of carbonyl (C=O) groups excluding carboxylic acids is 2. The molecule has 2 unspecified atom stereocenters. The number of amides is 2. The molecule has 5 nitrogen and oxygen atoms in total. The molecule has 0 bridgehead atoms. The van der Waals surface area contributed by atoms with Crippen LogP contribution in [0.15, 0.2) is 0 Å². The first-order chi connectivity index (χ1) is 8.32. The molecule has 0 aliphatic carbocycles. The van der Waals surface area contributed by atoms with Crippen molar-refractivity contribution in [2.45, 2.75) is 39.7 Å². The fourth-order valence-corrected chi connectivity index (χ4v) is 3.12. The maximum absolute atomic E-state index is 12.4. The topological polar surface area (TPSA) is 71.4 Å². The third-order valence-electron chi connectivity index (χ3n) is 3.58. The van der Waals surface area contributed by atoms with Gasteiger partial charge in [0.2, 0.25) is 0 Å². The Bertz CT molecular complexity index is 371. The van der Waals surface area contributed by atoms with Gasteiger partial charge in [-0.2, -0.15) is 9.28 Å². The van der Waals surface area contributed by atoms with E-state index < -0.39 is 16.5 Å². The zero-order chi connectivity index (χ0) is 13.9. The van der Waals surface area contributed by atoms with E-state index in [1.807, 2.05) is 6.92 Å². The summed E-state index contributed by atoms with van der Waals surface area (Å²) in [6.07, 6.45) is 0.445. The summed E-state index contributed by atoms with van der Waals surface area (Å²) in [6, 6.07) is -0.181. The Labute approximate surface area is 111 Å². The Kier molecular flexibility index (Phi) is 4.92. The van der Waals surface area contributed by atoms with Gasteiger partial charge in [-0.25, -0.2) is 4.79 Å². The Hall–Kier alpha value is -0.880. The lowest BCUT2D eigenvalue weighted by molar-refractivity contribution is -0.793. The minimum atomic E-state index is -1.07. The molecule has 6 heteroatoms. The molecule has 0 aromatic carbocycles. The van der Waals surface area contributed by atoms with Crippen molar-refractivity contribution in [3.8, 4) is 0 Å². The van der Waals surface area contributed by atoms with Gasteiger partial charge in [-0.15, -0.1) is 0 Å². The molecule has 0 aromatic heterocycles. The predicted molar refractivity (Wildman–Crippen MR) is 69.2 cm³/mol. The molecule has 1 aliphatic heterocycles. The first-order valence-electron chi connectivity index (χ1n) is 6.11. The number of hydrogen-bond acceptors (Lipinski definition) is 4. The molecule has 3 atom stereocenters. The molecule has 1 rings (SSSR count). The lowest BCUT2D eigenvalue weighted by Crippen LogP contribution is -2.60. The lowest BCUT2D eigenvalue weighted by atomic mass is 10.1. The molecule has 0 aromatic rings. The van der Waals surface area contributed by atoms with Gasteiger partial charge in [0.05, 0.1) is 12.5 Å². The van der Waals surface area contributed by atoms with Crippen LogP contribution >= 0.6 is 11.8 Å². The molecule has 0 saturated carbocycles. The van der Waals surface area contributed by atoms with Crippen molar-refractivity contribution in [1.29, 1.82) is 0 Å². The highest BCUT2D eigenvalue weighted by atomic mass is 32.2. The third kappa shape index (κ3) is 2.75. The third-order valence-corrected chi connectivity index (χ3v) is 4.65. The van der Waals surface area contributed by atoms with Gasteiger partial charge >= 0.3 is 12.0 Å². The van der Waals surface area contributed by atoms with E-state index in [9.17, 15) is 19.5 Å². The number of imide groups is 1. The second-order valence-corrected chi connectivity index (χ2v) is 6.11. The van der Waals surface area contributed by atoms with Crippen molar-refractivity contribution in [2.75, 3.05) is 12.3 Å². The van der Waals surface area contributed by atoms with Gasteiger partial charge in [0.15, 0.2) is 5.12 Å². The van der Waals surface area contributed by atoms with E-state index in [2.05, 4.69) is 0 Å². The first kappa shape index (κ1) is 15.2. The summed E-state index contributed by atoms with van der Waals surface area (Å²) in [7, 11) is 0. The maximum atomic E-state index is 12.4. The van der Waals surface area contributed by atoms with Crippen molar-refractivity contribution < 1.29 is 24.0 Å². The molecule has 1 aliphatic rings. The van der Waals surface area contributed by atoms with Gasteiger partial charge in [0, 0.05) is 25.5 Å². The maximum Gasteiger partial charge on any atom is 0.521 e. The number of carboxylic acid groups (broad SMARTS) is 1. The minimum absolute atomic E-state index is 0.0500. The van der Waals surface area contributed by atoms with Crippen molar-refractivity contribution in [1.82, 2.24) is 0 Å². The van der Waals surface area contributed by atoms with Crippen LogP contribution in [0.5, 0.6) is 0 Å². The molecule has 102 valence electrons. The summed E-state index contributed by atoms with van der Waals surface area (Å²) >= 11 is 1.08. The van der Waals surface area contributed by atoms with E-state index in [1.165, 1.54) is 6.92 Å². The van der Waals surface area contributed by atoms with Gasteiger partial charge in [-0.05, 0) is 13.8 Å². The van der Waals surface area contributed by atoms with Crippen LogP contribution in [0.25, 0.3) is 0 Å². The van der Waals surface area contributed by atoms with Crippen molar-refractivity contribution in [2.24, 2.45) is 5.92 Å². The standard InChI is InChI=1S/C12H19NO4S/c1-8(7-18-10(3)14)11(15)13(12(16)17)6-4-5-9(13)2/h8-9H,4-7H2,1-3H3/p+1/t8?,9-,13?/m1/s1. The lowest BCUT2D eigenvalue weighted by Gasteiger charge is -2.31. The van der Waals surface area contributed by atoms with Crippen LogP contribution in [0.1, 0.15) is 33.6 Å². The average molecular weight is 274 g/mol. The van der Waals surface area contributed by atoms with E-state index in [0.717, 1.165) is 24.6 Å². The van der Waals surface area contributed by atoms with Gasteiger partial charge in [-0.3, -0.25) is 4.79 Å². The zero-order valence-corrected chi connectivity index (χ0v) is 11.8. The number of hydrogen-bond donors (Lipinski definition) is 1. The highest BCUT2D eigenvalue weighted by molar-refractivity contribution is 8.13. The smallest absolute Gasteiger partial charge is 0.435 e. The van der Waals surface area contributed by atoms with Crippen LogP contribution in [0, 0.1) is 5.92 Å². The van der Waals surface area contributed by atoms with E-state index >= 15 is 0 Å². The zero-order valence-electron chi connectivity index (χ0n) is 11.0. The van der Waals surface area contributed by atoms with Crippen molar-refractivity contribution in [3.63, 3.8) is 0 Å². The first-order valence-corrected chi connectivity index (χ1v) is 7.10. The Morgan fingerprint density at radius 1 is 1.44 bits per heavy atom. The largest absolute Gasteiger partial charge is 0.521 e. The summed E-state index contributed by atoms with van der Waals surface area (Å²) < 4.78 is -0.473.